The Balaban J connectivity index is 2.61. The average Bonchev–Trinajstić information content (AvgIpc) is 2.29. The summed E-state index contributed by atoms with van der Waals surface area (Å²) in [5.41, 5.74) is 0.605. The minimum atomic E-state index is -3.81. The predicted molar refractivity (Wildman–Crippen MR) is 65.6 cm³/mol. The van der Waals surface area contributed by atoms with Crippen LogP contribution < -0.4 is 0 Å². The number of carbonyl (C=O) groups excluding carboxylic acids is 1. The molecule has 0 aliphatic heterocycles. The van der Waals surface area contributed by atoms with Gasteiger partial charge in [0.05, 0.1) is 24.5 Å². The minimum absolute atomic E-state index is 0.0844. The van der Waals surface area contributed by atoms with Crippen LogP contribution in [0.5, 0.6) is 0 Å². The van der Waals surface area contributed by atoms with Crippen LogP contribution in [0.2, 0.25) is 0 Å². The summed E-state index contributed by atoms with van der Waals surface area (Å²) in [5.74, 6) is -0.475. The Morgan fingerprint density at radius 2 is 1.94 bits per heavy atom. The van der Waals surface area contributed by atoms with Crippen molar-refractivity contribution < 1.29 is 22.1 Å². The molecule has 6 heteroatoms. The van der Waals surface area contributed by atoms with Gasteiger partial charge in [-0.05, 0) is 25.5 Å². The van der Waals surface area contributed by atoms with E-state index in [4.69, 9.17) is 4.18 Å². The first kappa shape index (κ1) is 14.7. The number of hydrogen-bond donors (Lipinski definition) is 0. The van der Waals surface area contributed by atoms with E-state index in [1.165, 1.54) is 6.07 Å². The molecule has 0 heterocycles. The van der Waals surface area contributed by atoms with Crippen LogP contribution in [0.1, 0.15) is 18.9 Å². The molecule has 0 fully saturated rings. The molecule has 0 aromatic heterocycles. The standard InChI is InChI=1S/C12H16O5S/c1-3-16-12(13)8-9-17-18(14,15)11-7-5-4-6-10(11)2/h4-7H,3,8-9H2,1-2H3. The molecule has 0 amide bonds. The summed E-state index contributed by atoms with van der Waals surface area (Å²) >= 11 is 0. The number of benzene rings is 1. The van der Waals surface area contributed by atoms with E-state index in [-0.39, 0.29) is 24.5 Å². The molecule has 1 rings (SSSR count). The Bertz CT molecular complexity index is 507. The van der Waals surface area contributed by atoms with E-state index in [0.717, 1.165) is 0 Å². The number of esters is 1. The number of hydrogen-bond acceptors (Lipinski definition) is 5. The Morgan fingerprint density at radius 1 is 1.28 bits per heavy atom. The van der Waals surface area contributed by atoms with E-state index in [0.29, 0.717) is 5.56 Å². The lowest BCUT2D eigenvalue weighted by Crippen LogP contribution is -2.13. The molecule has 0 saturated carbocycles. The lowest BCUT2D eigenvalue weighted by Gasteiger charge is -2.07. The van der Waals surface area contributed by atoms with Crippen molar-refractivity contribution in [1.82, 2.24) is 0 Å². The molecule has 0 bridgehead atoms. The number of ether oxygens (including phenoxy) is 1. The molecular weight excluding hydrogens is 256 g/mol. The van der Waals surface area contributed by atoms with Crippen molar-refractivity contribution in [1.29, 1.82) is 0 Å². The molecule has 0 atom stereocenters. The average molecular weight is 272 g/mol. The van der Waals surface area contributed by atoms with E-state index in [2.05, 4.69) is 4.74 Å². The summed E-state index contributed by atoms with van der Waals surface area (Å²) in [5, 5.41) is 0. The highest BCUT2D eigenvalue weighted by atomic mass is 32.2. The normalized spacial score (nSPS) is 11.2. The van der Waals surface area contributed by atoms with Gasteiger partial charge in [-0.1, -0.05) is 18.2 Å². The maximum atomic E-state index is 11.8. The van der Waals surface area contributed by atoms with Crippen LogP contribution in [-0.2, 0) is 23.8 Å². The van der Waals surface area contributed by atoms with Crippen molar-refractivity contribution in [3.63, 3.8) is 0 Å². The van der Waals surface area contributed by atoms with E-state index < -0.39 is 16.1 Å². The van der Waals surface area contributed by atoms with Crippen LogP contribution in [0.15, 0.2) is 29.2 Å². The number of carbonyl (C=O) groups is 1. The summed E-state index contributed by atoms with van der Waals surface area (Å²) in [6.45, 7) is 3.42. The molecule has 0 saturated heterocycles. The van der Waals surface area contributed by atoms with Gasteiger partial charge >= 0.3 is 5.97 Å². The van der Waals surface area contributed by atoms with Gasteiger partial charge in [0, 0.05) is 0 Å². The van der Waals surface area contributed by atoms with Gasteiger partial charge in [-0.15, -0.1) is 0 Å². The molecule has 0 radical (unpaired) electrons. The molecule has 100 valence electrons. The topological polar surface area (TPSA) is 69.7 Å². The molecule has 1 aromatic rings. The van der Waals surface area contributed by atoms with E-state index in [1.54, 1.807) is 32.0 Å². The Labute approximate surface area is 107 Å². The monoisotopic (exact) mass is 272 g/mol. The lowest BCUT2D eigenvalue weighted by molar-refractivity contribution is -0.143. The van der Waals surface area contributed by atoms with Gasteiger partial charge in [0.1, 0.15) is 0 Å². The lowest BCUT2D eigenvalue weighted by atomic mass is 10.2. The summed E-state index contributed by atoms with van der Waals surface area (Å²) in [6.07, 6.45) is -0.0844. The van der Waals surface area contributed by atoms with Crippen LogP contribution in [-0.4, -0.2) is 27.6 Å². The van der Waals surface area contributed by atoms with Gasteiger partial charge in [-0.25, -0.2) is 0 Å². The molecule has 18 heavy (non-hydrogen) atoms. The van der Waals surface area contributed by atoms with Crippen LogP contribution in [0.3, 0.4) is 0 Å². The fourth-order valence-corrected chi connectivity index (χ4v) is 2.51. The summed E-state index contributed by atoms with van der Waals surface area (Å²) in [6, 6.07) is 6.51. The smallest absolute Gasteiger partial charge is 0.308 e. The molecule has 0 N–H and O–H groups in total. The van der Waals surface area contributed by atoms with Gasteiger partial charge in [-0.2, -0.15) is 8.42 Å². The zero-order valence-electron chi connectivity index (χ0n) is 10.4. The van der Waals surface area contributed by atoms with Gasteiger partial charge in [0.2, 0.25) is 0 Å². The molecule has 0 spiro atoms. The van der Waals surface area contributed by atoms with Crippen LogP contribution in [0, 0.1) is 6.92 Å². The second-order valence-corrected chi connectivity index (χ2v) is 5.18. The van der Waals surface area contributed by atoms with Crippen molar-refractivity contribution in [3.05, 3.63) is 29.8 Å². The summed E-state index contributed by atoms with van der Waals surface area (Å²) in [7, 11) is -3.81. The maximum Gasteiger partial charge on any atom is 0.308 e. The van der Waals surface area contributed by atoms with Gasteiger partial charge < -0.3 is 4.74 Å². The zero-order valence-corrected chi connectivity index (χ0v) is 11.2. The number of aryl methyl sites for hydroxylation is 1. The van der Waals surface area contributed by atoms with Crippen LogP contribution in [0.25, 0.3) is 0 Å². The third-order valence-electron chi connectivity index (χ3n) is 2.21. The van der Waals surface area contributed by atoms with Crippen LogP contribution in [0.4, 0.5) is 0 Å². The van der Waals surface area contributed by atoms with Gasteiger partial charge in [-0.3, -0.25) is 8.98 Å². The fourth-order valence-electron chi connectivity index (χ4n) is 1.37. The maximum absolute atomic E-state index is 11.8. The quantitative estimate of drug-likeness (QED) is 0.582. The summed E-state index contributed by atoms with van der Waals surface area (Å²) < 4.78 is 33.1. The zero-order chi connectivity index (χ0) is 13.6. The van der Waals surface area contributed by atoms with Crippen molar-refractivity contribution >= 4 is 16.1 Å². The number of rotatable bonds is 6. The fraction of sp³-hybridized carbons (Fsp3) is 0.417. The van der Waals surface area contributed by atoms with Crippen molar-refractivity contribution in [2.24, 2.45) is 0 Å². The van der Waals surface area contributed by atoms with Crippen LogP contribution >= 0.6 is 0 Å². The first-order chi connectivity index (χ1) is 8.47. The predicted octanol–water partition coefficient (Wildman–Crippen LogP) is 1.65. The van der Waals surface area contributed by atoms with E-state index in [9.17, 15) is 13.2 Å². The van der Waals surface area contributed by atoms with Crippen molar-refractivity contribution in [2.75, 3.05) is 13.2 Å². The highest BCUT2D eigenvalue weighted by Crippen LogP contribution is 2.16. The Morgan fingerprint density at radius 3 is 2.56 bits per heavy atom. The first-order valence-electron chi connectivity index (χ1n) is 5.58. The van der Waals surface area contributed by atoms with E-state index >= 15 is 0 Å². The molecule has 0 aliphatic carbocycles. The third-order valence-corrected chi connectivity index (χ3v) is 3.69. The van der Waals surface area contributed by atoms with Crippen molar-refractivity contribution in [2.45, 2.75) is 25.2 Å². The third kappa shape index (κ3) is 4.12. The SMILES string of the molecule is CCOC(=O)CCOS(=O)(=O)c1ccccc1C. The molecule has 0 unspecified atom stereocenters. The largest absolute Gasteiger partial charge is 0.466 e. The first-order valence-corrected chi connectivity index (χ1v) is 6.99. The Hall–Kier alpha value is -1.40. The highest BCUT2D eigenvalue weighted by Gasteiger charge is 2.17. The second-order valence-electron chi connectivity index (χ2n) is 3.60. The van der Waals surface area contributed by atoms with Gasteiger partial charge in [0.25, 0.3) is 10.1 Å². The highest BCUT2D eigenvalue weighted by molar-refractivity contribution is 7.86. The molecular formula is C12H16O5S. The minimum Gasteiger partial charge on any atom is -0.466 e. The van der Waals surface area contributed by atoms with Crippen molar-refractivity contribution in [3.8, 4) is 0 Å². The Kier molecular flexibility index (Phi) is 5.30. The molecule has 0 aliphatic rings. The second kappa shape index (κ2) is 6.51. The summed E-state index contributed by atoms with van der Waals surface area (Å²) in [4.78, 5) is 11.2. The van der Waals surface area contributed by atoms with E-state index in [1.807, 2.05) is 0 Å². The molecule has 1 aromatic carbocycles. The van der Waals surface area contributed by atoms with Gasteiger partial charge in [0.15, 0.2) is 0 Å². The molecule has 5 nitrogen and oxygen atoms in total.